The number of aromatic nitrogens is 1. The van der Waals surface area contributed by atoms with E-state index in [-0.39, 0.29) is 36.3 Å². The van der Waals surface area contributed by atoms with Crippen LogP contribution in [-0.4, -0.2) is 41.4 Å². The van der Waals surface area contributed by atoms with Gasteiger partial charge in [-0.05, 0) is 54.3 Å². The summed E-state index contributed by atoms with van der Waals surface area (Å²) >= 11 is 0. The van der Waals surface area contributed by atoms with Gasteiger partial charge in [0.05, 0.1) is 7.11 Å². The molecule has 180 valence electrons. The molecule has 1 aromatic heterocycles. The predicted octanol–water partition coefficient (Wildman–Crippen LogP) is 5.23. The van der Waals surface area contributed by atoms with Gasteiger partial charge in [-0.3, -0.25) is 4.90 Å². The normalized spacial score (nSPS) is 24.7. The van der Waals surface area contributed by atoms with Crippen LogP contribution in [0.4, 0.5) is 13.2 Å². The molecule has 0 radical (unpaired) electrons. The maximum absolute atomic E-state index is 13.3. The number of ether oxygens (including phenoxy) is 3. The highest BCUT2D eigenvalue weighted by molar-refractivity contribution is 5.91. The second-order valence-electron chi connectivity index (χ2n) is 8.87. The molecule has 3 heterocycles. The van der Waals surface area contributed by atoms with Crippen LogP contribution < -0.4 is 9.47 Å². The van der Waals surface area contributed by atoms with Crippen molar-refractivity contribution in [2.45, 2.75) is 43.3 Å². The summed E-state index contributed by atoms with van der Waals surface area (Å²) in [5.41, 5.74) is 3.62. The highest BCUT2D eigenvalue weighted by Crippen LogP contribution is 2.69. The maximum atomic E-state index is 13.3. The van der Waals surface area contributed by atoms with Gasteiger partial charge in [-0.1, -0.05) is 12.1 Å². The largest absolute Gasteiger partial charge is 0.573 e. The number of methoxy groups -OCH3 is 1. The minimum absolute atomic E-state index is 0. The summed E-state index contributed by atoms with van der Waals surface area (Å²) < 4.78 is 52.0. The molecule has 6 rings (SSSR count). The van der Waals surface area contributed by atoms with Crippen LogP contribution in [0.3, 0.4) is 0 Å². The van der Waals surface area contributed by atoms with Crippen molar-refractivity contribution in [3.63, 3.8) is 0 Å². The van der Waals surface area contributed by atoms with Gasteiger partial charge in [0, 0.05) is 34.6 Å². The van der Waals surface area contributed by atoms with Crippen molar-refractivity contribution >= 4 is 29.3 Å². The fraction of sp³-hybridized carbons (Fsp3) is 0.375. The van der Waals surface area contributed by atoms with Gasteiger partial charge in [0.1, 0.15) is 24.1 Å². The van der Waals surface area contributed by atoms with Gasteiger partial charge in [-0.2, -0.15) is 0 Å². The first-order chi connectivity index (χ1) is 15.8. The summed E-state index contributed by atoms with van der Waals surface area (Å²) in [6.07, 6.45) is -2.67. The van der Waals surface area contributed by atoms with Crippen LogP contribution in [0.2, 0.25) is 0 Å². The number of hydrogen-bond donors (Lipinski definition) is 1. The van der Waals surface area contributed by atoms with E-state index in [4.69, 9.17) is 9.47 Å². The van der Waals surface area contributed by atoms with E-state index in [1.807, 2.05) is 18.2 Å². The Labute approximate surface area is 199 Å². The van der Waals surface area contributed by atoms with E-state index in [0.29, 0.717) is 11.5 Å². The monoisotopic (exact) mass is 494 g/mol. The number of esters is 1. The third-order valence-electron chi connectivity index (χ3n) is 7.18. The molecule has 2 aromatic carbocycles. The highest BCUT2D eigenvalue weighted by Gasteiger charge is 2.70. The number of alkyl halides is 3. The standard InChI is InChI=1S/C24H21F3N2O4.ClH/c1-31-15-6-7-18-16(10-15)19-17-11-23(17)8-9-29(23)21(20(19)28-18)22(30)32-12-13-2-4-14(5-3-13)33-24(25,26)27;/h2-7,10,17,21,28H,8-9,11-12H2,1H3;1H. The smallest absolute Gasteiger partial charge is 0.497 e. The minimum atomic E-state index is -4.75. The zero-order chi connectivity index (χ0) is 23.0. The first-order valence-electron chi connectivity index (χ1n) is 10.8. The Morgan fingerprint density at radius 2 is 1.91 bits per heavy atom. The molecule has 34 heavy (non-hydrogen) atoms. The summed E-state index contributed by atoms with van der Waals surface area (Å²) in [7, 11) is 1.63. The molecule has 2 fully saturated rings. The predicted molar refractivity (Wildman–Crippen MR) is 119 cm³/mol. The lowest BCUT2D eigenvalue weighted by Gasteiger charge is -2.49. The van der Waals surface area contributed by atoms with E-state index in [9.17, 15) is 18.0 Å². The quantitative estimate of drug-likeness (QED) is 0.492. The summed E-state index contributed by atoms with van der Waals surface area (Å²) in [6.45, 7) is 0.799. The third kappa shape index (κ3) is 3.49. The molecule has 10 heteroatoms. The van der Waals surface area contributed by atoms with Crippen LogP contribution in [0.1, 0.15) is 41.6 Å². The number of carbonyl (C=O) groups excluding carboxylic acids is 1. The molecule has 1 spiro atoms. The van der Waals surface area contributed by atoms with E-state index in [2.05, 4.69) is 14.6 Å². The molecule has 2 aliphatic heterocycles. The first-order valence-corrected chi connectivity index (χ1v) is 10.8. The van der Waals surface area contributed by atoms with Crippen molar-refractivity contribution in [3.05, 3.63) is 59.3 Å². The lowest BCUT2D eigenvalue weighted by molar-refractivity contribution is -0.274. The van der Waals surface area contributed by atoms with Crippen molar-refractivity contribution in [1.82, 2.24) is 9.88 Å². The zero-order valence-corrected chi connectivity index (χ0v) is 19.0. The summed E-state index contributed by atoms with van der Waals surface area (Å²) in [6, 6.07) is 10.7. The number of carbonyl (C=O) groups is 1. The molecule has 0 amide bonds. The second-order valence-corrected chi connectivity index (χ2v) is 8.87. The summed E-state index contributed by atoms with van der Waals surface area (Å²) in [4.78, 5) is 18.9. The van der Waals surface area contributed by atoms with E-state index in [1.165, 1.54) is 29.8 Å². The molecule has 3 aromatic rings. The number of H-pyrrole nitrogens is 1. The van der Waals surface area contributed by atoms with E-state index < -0.39 is 12.4 Å². The zero-order valence-electron chi connectivity index (χ0n) is 18.1. The van der Waals surface area contributed by atoms with Crippen LogP contribution in [-0.2, 0) is 16.1 Å². The SMILES string of the molecule is COc1ccc2[nH]c3c(c2c1)C1CC12CCN2C3C(=O)OCc1ccc(OC(F)(F)F)cc1.Cl. The number of halogens is 4. The van der Waals surface area contributed by atoms with Gasteiger partial charge in [-0.25, -0.2) is 4.79 Å². The van der Waals surface area contributed by atoms with Crippen LogP contribution in [0, 0.1) is 0 Å². The van der Waals surface area contributed by atoms with Gasteiger partial charge in [0.25, 0.3) is 0 Å². The van der Waals surface area contributed by atoms with Crippen LogP contribution in [0.5, 0.6) is 11.5 Å². The molecule has 3 unspecified atom stereocenters. The minimum Gasteiger partial charge on any atom is -0.497 e. The van der Waals surface area contributed by atoms with Crippen molar-refractivity contribution < 1.29 is 32.2 Å². The fourth-order valence-corrected chi connectivity index (χ4v) is 5.53. The Bertz CT molecular complexity index is 1260. The number of hydrogen-bond acceptors (Lipinski definition) is 5. The average molecular weight is 495 g/mol. The molecule has 1 N–H and O–H groups in total. The van der Waals surface area contributed by atoms with Gasteiger partial charge in [0.15, 0.2) is 0 Å². The van der Waals surface area contributed by atoms with Crippen LogP contribution >= 0.6 is 12.4 Å². The lowest BCUT2D eigenvalue weighted by atomic mass is 9.84. The maximum Gasteiger partial charge on any atom is 0.573 e. The molecule has 1 aliphatic carbocycles. The van der Waals surface area contributed by atoms with Gasteiger partial charge in [-0.15, -0.1) is 25.6 Å². The topological polar surface area (TPSA) is 63.8 Å². The number of aromatic amines is 1. The van der Waals surface area contributed by atoms with Crippen molar-refractivity contribution in [3.8, 4) is 11.5 Å². The highest BCUT2D eigenvalue weighted by atomic mass is 35.5. The molecule has 1 saturated heterocycles. The molecule has 1 saturated carbocycles. The Morgan fingerprint density at radius 3 is 2.56 bits per heavy atom. The Morgan fingerprint density at radius 1 is 1.18 bits per heavy atom. The lowest BCUT2D eigenvalue weighted by Crippen LogP contribution is -2.57. The van der Waals surface area contributed by atoms with Crippen molar-refractivity contribution in [2.24, 2.45) is 0 Å². The van der Waals surface area contributed by atoms with Gasteiger partial charge < -0.3 is 19.2 Å². The van der Waals surface area contributed by atoms with Crippen molar-refractivity contribution in [2.75, 3.05) is 13.7 Å². The second kappa shape index (κ2) is 7.81. The van der Waals surface area contributed by atoms with Gasteiger partial charge >= 0.3 is 12.3 Å². The summed E-state index contributed by atoms with van der Waals surface area (Å²) in [5, 5.41) is 1.08. The van der Waals surface area contributed by atoms with Crippen LogP contribution in [0.25, 0.3) is 10.9 Å². The Hall–Kier alpha value is -2.91. The van der Waals surface area contributed by atoms with E-state index in [1.54, 1.807) is 7.11 Å². The van der Waals surface area contributed by atoms with Crippen molar-refractivity contribution in [1.29, 1.82) is 0 Å². The Balaban J connectivity index is 0.00000241. The van der Waals surface area contributed by atoms with E-state index in [0.717, 1.165) is 41.7 Å². The molecule has 3 atom stereocenters. The fourth-order valence-electron chi connectivity index (χ4n) is 5.53. The molecule has 6 nitrogen and oxygen atoms in total. The first kappa shape index (κ1) is 22.9. The third-order valence-corrected chi connectivity index (χ3v) is 7.18. The number of nitrogens with one attached hydrogen (secondary N) is 1. The number of nitrogens with zero attached hydrogens (tertiary/aromatic N) is 1. The average Bonchev–Trinajstić information content (AvgIpc) is 3.44. The molecule has 0 bridgehead atoms. The summed E-state index contributed by atoms with van der Waals surface area (Å²) in [5.74, 6) is 0.486. The number of fused-ring (bicyclic) bond motifs is 4. The molecular formula is C24H22ClF3N2O4. The molecule has 3 aliphatic rings. The van der Waals surface area contributed by atoms with Gasteiger partial charge in [0.2, 0.25) is 0 Å². The Kier molecular flexibility index (Phi) is 5.25. The number of rotatable bonds is 5. The number of benzene rings is 2. The van der Waals surface area contributed by atoms with E-state index >= 15 is 0 Å². The molecular weight excluding hydrogens is 473 g/mol. The van der Waals surface area contributed by atoms with Crippen LogP contribution in [0.15, 0.2) is 42.5 Å².